The van der Waals surface area contributed by atoms with Crippen molar-refractivity contribution in [3.05, 3.63) is 24.3 Å². The highest BCUT2D eigenvalue weighted by atomic mass is 128. The fraction of sp³-hybridized carbons (Fsp3) is 0.500. The highest BCUT2D eigenvalue weighted by Gasteiger charge is 1.52. The maximum atomic E-state index is 3.56. The van der Waals surface area contributed by atoms with E-state index in [2.05, 4.69) is 50.4 Å². The molecule has 0 aromatic rings. The molecular formula is C8H16I2. The van der Waals surface area contributed by atoms with Crippen LogP contribution in [0.2, 0.25) is 0 Å². The van der Waals surface area contributed by atoms with E-state index in [4.69, 9.17) is 0 Å². The molecule has 0 aromatic carbocycles. The highest BCUT2D eigenvalue weighted by molar-refractivity contribution is 15.0. The van der Waals surface area contributed by atoms with Gasteiger partial charge in [-0.3, -0.25) is 0 Å². The van der Waals surface area contributed by atoms with Crippen molar-refractivity contribution in [3.8, 4) is 0 Å². The fourth-order valence-electron chi connectivity index (χ4n) is 0. The van der Waals surface area contributed by atoms with Crippen LogP contribution in [0.4, 0.5) is 0 Å². The second-order valence-corrected chi connectivity index (χ2v) is 2.41. The van der Waals surface area contributed by atoms with Crippen molar-refractivity contribution in [1.82, 2.24) is 0 Å². The Morgan fingerprint density at radius 2 is 0.800 bits per heavy atom. The Morgan fingerprint density at radius 1 is 0.800 bits per heavy atom. The fourth-order valence-corrected chi connectivity index (χ4v) is 0. The molecule has 0 unspecified atom stereocenters. The minimum absolute atomic E-state index is 1.17. The van der Waals surface area contributed by atoms with Gasteiger partial charge in [0.05, 0.1) is 0 Å². The molecule has 0 aromatic heterocycles. The molecule has 0 spiro atoms. The van der Waals surface area contributed by atoms with Crippen LogP contribution < -0.4 is 0 Å². The first kappa shape index (κ1) is 17.1. The van der Waals surface area contributed by atoms with Gasteiger partial charge in [-0.1, -0.05) is 11.1 Å². The lowest BCUT2D eigenvalue weighted by molar-refractivity contribution is 1.42. The molecule has 0 aliphatic heterocycles. The zero-order valence-corrected chi connectivity index (χ0v) is 11.5. The molecule has 10 heavy (non-hydrogen) atoms. The summed E-state index contributed by atoms with van der Waals surface area (Å²) in [5.41, 5.74) is 2.33. The molecule has 0 heterocycles. The Hall–Kier alpha value is 0.940. The molecule has 0 fully saturated rings. The van der Waals surface area contributed by atoms with Crippen molar-refractivity contribution in [1.29, 1.82) is 0 Å². The molecule has 0 amide bonds. The quantitative estimate of drug-likeness (QED) is 0.421. The molecule has 0 radical (unpaired) electrons. The van der Waals surface area contributed by atoms with Crippen LogP contribution in [-0.2, 0) is 0 Å². The summed E-state index contributed by atoms with van der Waals surface area (Å²) in [5.74, 6) is 0. The smallest absolute Gasteiger partial charge is 0 e. The minimum atomic E-state index is 1.17. The van der Waals surface area contributed by atoms with E-state index in [0.29, 0.717) is 0 Å². The van der Waals surface area contributed by atoms with Crippen molar-refractivity contribution < 1.29 is 0 Å². The third-order valence-corrected chi connectivity index (χ3v) is 0. The third-order valence-electron chi connectivity index (χ3n) is 0. The summed E-state index contributed by atoms with van der Waals surface area (Å²) in [5, 5.41) is 0. The van der Waals surface area contributed by atoms with Crippen molar-refractivity contribution in [2.24, 2.45) is 0 Å². The SMILES string of the molecule is C=C(C)C.C=C(C)C.II. The summed E-state index contributed by atoms with van der Waals surface area (Å²) >= 11 is 4.24. The number of hydrogen-bond donors (Lipinski definition) is 0. The standard InChI is InChI=1S/2C4H8.I2/c2*1-4(2)3;1-2/h2*1H2,2-3H3;. The topological polar surface area (TPSA) is 0 Å². The Morgan fingerprint density at radius 3 is 0.800 bits per heavy atom. The van der Waals surface area contributed by atoms with Crippen LogP contribution in [-0.4, -0.2) is 0 Å². The molecular weight excluding hydrogens is 350 g/mol. The molecule has 0 aliphatic carbocycles. The zero-order chi connectivity index (χ0) is 9.15. The summed E-state index contributed by atoms with van der Waals surface area (Å²) in [6.45, 7) is 15.0. The molecule has 0 nitrogen and oxygen atoms in total. The molecule has 2 heteroatoms. The summed E-state index contributed by atoms with van der Waals surface area (Å²) < 4.78 is 0. The molecule has 0 bridgehead atoms. The first-order valence-corrected chi connectivity index (χ1v) is 9.14. The van der Waals surface area contributed by atoms with Crippen molar-refractivity contribution in [3.63, 3.8) is 0 Å². The average Bonchev–Trinajstić information content (AvgIpc) is 1.66. The van der Waals surface area contributed by atoms with Gasteiger partial charge in [-0.15, -0.1) is 13.2 Å². The van der Waals surface area contributed by atoms with Gasteiger partial charge in [0, 0.05) is 37.2 Å². The summed E-state index contributed by atoms with van der Waals surface area (Å²) in [7, 11) is 0. The van der Waals surface area contributed by atoms with Gasteiger partial charge in [0.25, 0.3) is 0 Å². The maximum absolute atomic E-state index is 3.56. The second kappa shape index (κ2) is 16.5. The Kier molecular flexibility index (Phi) is 28.3. The lowest BCUT2D eigenvalue weighted by atomic mass is 10.4. The normalized spacial score (nSPS) is 5.80. The molecule has 0 atom stereocenters. The Balaban J connectivity index is -0.0000000787. The van der Waals surface area contributed by atoms with Gasteiger partial charge in [-0.25, -0.2) is 0 Å². The Bertz CT molecular complexity index is 65.3. The molecule has 0 saturated heterocycles. The van der Waals surface area contributed by atoms with Gasteiger partial charge in [0.15, 0.2) is 0 Å². The number of rotatable bonds is 0. The van der Waals surface area contributed by atoms with Crippen LogP contribution in [0.1, 0.15) is 27.7 Å². The summed E-state index contributed by atoms with van der Waals surface area (Å²) in [6, 6.07) is 0. The molecule has 0 rings (SSSR count). The van der Waals surface area contributed by atoms with Gasteiger partial charge >= 0.3 is 0 Å². The summed E-state index contributed by atoms with van der Waals surface area (Å²) in [4.78, 5) is 0. The van der Waals surface area contributed by atoms with Crippen LogP contribution in [0.3, 0.4) is 0 Å². The lowest BCUT2D eigenvalue weighted by Crippen LogP contribution is -1.43. The van der Waals surface area contributed by atoms with E-state index in [1.54, 1.807) is 0 Å². The van der Waals surface area contributed by atoms with Crippen molar-refractivity contribution in [2.45, 2.75) is 27.7 Å². The number of halogens is 2. The second-order valence-electron chi connectivity index (χ2n) is 2.41. The predicted molar refractivity (Wildman–Crippen MR) is 69.0 cm³/mol. The van der Waals surface area contributed by atoms with E-state index in [1.807, 2.05) is 27.7 Å². The van der Waals surface area contributed by atoms with E-state index in [1.165, 1.54) is 11.1 Å². The minimum Gasteiger partial charge on any atom is -0.100 e. The van der Waals surface area contributed by atoms with E-state index in [-0.39, 0.29) is 0 Å². The Labute approximate surface area is 88.5 Å². The number of hydrogen-bond acceptors (Lipinski definition) is 0. The van der Waals surface area contributed by atoms with Crippen molar-refractivity contribution in [2.75, 3.05) is 0 Å². The van der Waals surface area contributed by atoms with Crippen LogP contribution in [0.15, 0.2) is 24.3 Å². The molecule has 0 aliphatic rings. The van der Waals surface area contributed by atoms with E-state index >= 15 is 0 Å². The largest absolute Gasteiger partial charge is 0.100 e. The lowest BCUT2D eigenvalue weighted by Gasteiger charge is -1.65. The third kappa shape index (κ3) is 638. The van der Waals surface area contributed by atoms with Gasteiger partial charge in [-0.05, 0) is 27.7 Å². The van der Waals surface area contributed by atoms with Crippen LogP contribution in [0, 0.1) is 0 Å². The monoisotopic (exact) mass is 366 g/mol. The molecule has 0 saturated carbocycles. The van der Waals surface area contributed by atoms with Gasteiger partial charge in [0.1, 0.15) is 0 Å². The first-order chi connectivity index (χ1) is 4.46. The van der Waals surface area contributed by atoms with Gasteiger partial charge in [-0.2, -0.15) is 0 Å². The van der Waals surface area contributed by atoms with E-state index < -0.39 is 0 Å². The maximum Gasteiger partial charge on any atom is 0 e. The van der Waals surface area contributed by atoms with Crippen LogP contribution >= 0.6 is 37.2 Å². The van der Waals surface area contributed by atoms with Crippen LogP contribution in [0.5, 0.6) is 0 Å². The van der Waals surface area contributed by atoms with Crippen molar-refractivity contribution >= 4 is 37.2 Å². The molecule has 62 valence electrons. The van der Waals surface area contributed by atoms with Gasteiger partial charge < -0.3 is 0 Å². The van der Waals surface area contributed by atoms with E-state index in [0.717, 1.165) is 0 Å². The number of allylic oxidation sites excluding steroid dienone is 2. The summed E-state index contributed by atoms with van der Waals surface area (Å²) in [6.07, 6.45) is 0. The first-order valence-electron chi connectivity index (χ1n) is 2.85. The van der Waals surface area contributed by atoms with E-state index in [9.17, 15) is 0 Å². The average molecular weight is 366 g/mol. The zero-order valence-electron chi connectivity index (χ0n) is 7.17. The highest BCUT2D eigenvalue weighted by Crippen LogP contribution is 1.89. The predicted octanol–water partition coefficient (Wildman–Crippen LogP) is 4.94. The van der Waals surface area contributed by atoms with Gasteiger partial charge in [0.2, 0.25) is 0 Å². The van der Waals surface area contributed by atoms with Crippen LogP contribution in [0.25, 0.3) is 0 Å². The molecule has 0 N–H and O–H groups in total.